The van der Waals surface area contributed by atoms with E-state index in [-0.39, 0.29) is 0 Å². The maximum Gasteiger partial charge on any atom is 0.182 e. The van der Waals surface area contributed by atoms with Gasteiger partial charge in [0.1, 0.15) is 38.9 Å². The summed E-state index contributed by atoms with van der Waals surface area (Å²) in [4.78, 5) is 55.6. The summed E-state index contributed by atoms with van der Waals surface area (Å²) < 4.78 is 0. The molecule has 8 heterocycles. The number of benzene rings is 6. The van der Waals surface area contributed by atoms with Gasteiger partial charge in [0.25, 0.3) is 0 Å². The van der Waals surface area contributed by atoms with Crippen LogP contribution >= 0.6 is 0 Å². The van der Waals surface area contributed by atoms with Gasteiger partial charge in [0.05, 0.1) is 0 Å². The molecule has 0 amide bonds. The molecular formula is C64H48N12Si2. The Balaban J connectivity index is 1.15. The van der Waals surface area contributed by atoms with E-state index in [0.717, 1.165) is 56.0 Å². The smallest absolute Gasteiger partial charge is 0.182 e. The van der Waals surface area contributed by atoms with Crippen LogP contribution in [0.4, 0.5) is 34.1 Å². The fourth-order valence-electron chi connectivity index (χ4n) is 11.4. The molecule has 0 N–H and O–H groups in total. The molecule has 12 aromatic rings. The van der Waals surface area contributed by atoms with Crippen molar-refractivity contribution in [1.29, 1.82) is 0 Å². The summed E-state index contributed by atoms with van der Waals surface area (Å²) in [6.07, 6.45) is 7.04. The molecule has 0 unspecified atom stereocenters. The second-order valence-corrected chi connectivity index (χ2v) is 29.2. The predicted molar refractivity (Wildman–Crippen MR) is 317 cm³/mol. The maximum absolute atomic E-state index is 5.40. The van der Waals surface area contributed by atoms with E-state index in [1.165, 1.54) is 20.7 Å². The molecule has 0 saturated heterocycles. The first-order chi connectivity index (χ1) is 38.2. The van der Waals surface area contributed by atoms with Crippen molar-refractivity contribution >= 4 is 81.8 Å². The number of hydrogen-bond acceptors (Lipinski definition) is 12. The first kappa shape index (κ1) is 46.7. The van der Waals surface area contributed by atoms with Gasteiger partial charge in [0.15, 0.2) is 34.9 Å². The number of pyridine rings is 4. The Morgan fingerprint density at radius 3 is 0.808 bits per heavy atom. The lowest BCUT2D eigenvalue weighted by atomic mass is 9.95. The van der Waals surface area contributed by atoms with Crippen molar-refractivity contribution in [3.05, 3.63) is 219 Å². The highest BCUT2D eigenvalue weighted by Crippen LogP contribution is 2.48. The van der Waals surface area contributed by atoms with E-state index in [1.54, 1.807) is 24.8 Å². The van der Waals surface area contributed by atoms with Crippen molar-refractivity contribution in [3.63, 3.8) is 0 Å². The van der Waals surface area contributed by atoms with Crippen LogP contribution < -0.4 is 30.5 Å². The Bertz CT molecular complexity index is 3810. The lowest BCUT2D eigenvalue weighted by Gasteiger charge is -2.41. The van der Waals surface area contributed by atoms with Gasteiger partial charge in [-0.25, -0.2) is 29.9 Å². The van der Waals surface area contributed by atoms with Gasteiger partial charge in [-0.2, -0.15) is 0 Å². The second kappa shape index (κ2) is 18.5. The number of rotatable bonds is 8. The zero-order chi connectivity index (χ0) is 52.5. The van der Waals surface area contributed by atoms with Crippen LogP contribution in [0.5, 0.6) is 0 Å². The first-order valence-electron chi connectivity index (χ1n) is 26.0. The van der Waals surface area contributed by atoms with E-state index in [1.807, 2.05) is 72.8 Å². The minimum Gasteiger partial charge on any atom is -0.311 e. The summed E-state index contributed by atoms with van der Waals surface area (Å²) in [5.41, 5.74) is 10.2. The van der Waals surface area contributed by atoms with Gasteiger partial charge in [-0.1, -0.05) is 123 Å². The second-order valence-electron chi connectivity index (χ2n) is 20.5. The van der Waals surface area contributed by atoms with E-state index in [2.05, 4.69) is 157 Å². The van der Waals surface area contributed by atoms with Crippen molar-refractivity contribution < 1.29 is 0 Å². The molecule has 2 aliphatic heterocycles. The number of fused-ring (bicyclic) bond motifs is 5. The van der Waals surface area contributed by atoms with Crippen LogP contribution in [0.25, 0.3) is 79.6 Å². The summed E-state index contributed by atoms with van der Waals surface area (Å²) in [5, 5.41) is 7.07. The molecule has 78 heavy (non-hydrogen) atoms. The van der Waals surface area contributed by atoms with Gasteiger partial charge in [0.2, 0.25) is 0 Å². The zero-order valence-corrected chi connectivity index (χ0v) is 45.2. The molecule has 0 aliphatic carbocycles. The van der Waals surface area contributed by atoms with Gasteiger partial charge < -0.3 is 9.80 Å². The van der Waals surface area contributed by atoms with Crippen molar-refractivity contribution in [2.45, 2.75) is 26.2 Å². The van der Waals surface area contributed by atoms with E-state index in [0.29, 0.717) is 57.7 Å². The molecule has 2 aliphatic rings. The maximum atomic E-state index is 5.40. The number of nitrogens with zero attached hydrogens (tertiary/aromatic N) is 12. The molecule has 0 bridgehead atoms. The quantitative estimate of drug-likeness (QED) is 0.134. The third kappa shape index (κ3) is 7.79. The Kier molecular flexibility index (Phi) is 11.1. The summed E-state index contributed by atoms with van der Waals surface area (Å²) in [5.74, 6) is 2.56. The Hall–Kier alpha value is -9.77. The molecule has 0 spiro atoms. The summed E-state index contributed by atoms with van der Waals surface area (Å²) in [6, 6.07) is 67.5. The molecule has 0 atom stereocenters. The summed E-state index contributed by atoms with van der Waals surface area (Å²) in [7, 11) is -4.39. The lowest BCUT2D eigenvalue weighted by molar-refractivity contribution is 1.05. The minimum absolute atomic E-state index is 0.418. The third-order valence-electron chi connectivity index (χ3n) is 15.2. The van der Waals surface area contributed by atoms with Crippen LogP contribution in [-0.2, 0) is 0 Å². The number of para-hydroxylation sites is 4. The van der Waals surface area contributed by atoms with Crippen LogP contribution in [0.1, 0.15) is 0 Å². The molecule has 0 fully saturated rings. The Morgan fingerprint density at radius 1 is 0.282 bits per heavy atom. The highest BCUT2D eigenvalue weighted by Gasteiger charge is 2.40. The lowest BCUT2D eigenvalue weighted by Crippen LogP contribution is -2.58. The fourth-order valence-corrected chi connectivity index (χ4v) is 17.4. The van der Waals surface area contributed by atoms with Crippen molar-refractivity contribution in [2.24, 2.45) is 0 Å². The molecule has 372 valence electrons. The molecule has 12 nitrogen and oxygen atoms in total. The van der Waals surface area contributed by atoms with Crippen LogP contribution in [0.2, 0.25) is 26.2 Å². The average Bonchev–Trinajstić information content (AvgIpc) is 3.69. The molecule has 0 saturated carbocycles. The fraction of sp³-hybridized carbons (Fsp3) is 0.0625. The molecule has 0 radical (unpaired) electrons. The number of hydrogen-bond donors (Lipinski definition) is 0. The highest BCUT2D eigenvalue weighted by molar-refractivity contribution is 7.03. The van der Waals surface area contributed by atoms with Gasteiger partial charge >= 0.3 is 0 Å². The molecule has 14 rings (SSSR count). The highest BCUT2D eigenvalue weighted by atomic mass is 28.3. The Labute approximate surface area is 453 Å². The first-order valence-corrected chi connectivity index (χ1v) is 32.0. The monoisotopic (exact) mass is 1040 g/mol. The van der Waals surface area contributed by atoms with Crippen LogP contribution in [-0.4, -0.2) is 66.0 Å². The van der Waals surface area contributed by atoms with Gasteiger partial charge in [-0.15, -0.1) is 0 Å². The van der Waals surface area contributed by atoms with Gasteiger partial charge in [0, 0.05) is 70.0 Å². The predicted octanol–water partition coefficient (Wildman–Crippen LogP) is 12.0. The van der Waals surface area contributed by atoms with Crippen LogP contribution in [0.3, 0.4) is 0 Å². The molecular weight excluding hydrogens is 993 g/mol. The molecule has 14 heteroatoms. The number of aromatic nitrogens is 10. The van der Waals surface area contributed by atoms with Crippen LogP contribution in [0, 0.1) is 0 Å². The van der Waals surface area contributed by atoms with Crippen molar-refractivity contribution in [1.82, 2.24) is 49.8 Å². The van der Waals surface area contributed by atoms with Gasteiger partial charge in [-0.05, 0) is 129 Å². The van der Waals surface area contributed by atoms with Gasteiger partial charge in [-0.3, -0.25) is 19.9 Å². The van der Waals surface area contributed by atoms with E-state index in [9.17, 15) is 0 Å². The van der Waals surface area contributed by atoms with Crippen molar-refractivity contribution in [2.75, 3.05) is 9.80 Å². The number of anilines is 6. The zero-order valence-electron chi connectivity index (χ0n) is 43.2. The topological polar surface area (TPSA) is 135 Å². The Morgan fingerprint density at radius 2 is 0.538 bits per heavy atom. The van der Waals surface area contributed by atoms with Crippen molar-refractivity contribution in [3.8, 4) is 68.8 Å². The van der Waals surface area contributed by atoms with E-state index in [4.69, 9.17) is 49.8 Å². The average molecular weight is 1040 g/mol. The normalized spacial score (nSPS) is 13.8. The summed E-state index contributed by atoms with van der Waals surface area (Å²) in [6.45, 7) is 9.76. The molecule has 6 aromatic carbocycles. The molecule has 6 aromatic heterocycles. The standard InChI is InChI=1S/C64H48N12Si2/c1-77(2)55-29-9-5-25-51(55)75(52-26-6-10-30-56(52)77)41-37-43-44(45(39-41)59-69-61(47-21-13-17-33-65-47)73-62(70-59)48-22-14-18-34-66-48)38-42(76-53-27-7-11-31-57(53)78(3,4)58-32-12-8-28-54(58)76)40-46(43)60-71-63(49-23-15-19-35-67-49)74-64(72-60)50-24-16-20-36-68-50/h5-40H,1-4H3. The minimum atomic E-state index is -2.19. The van der Waals surface area contributed by atoms with E-state index < -0.39 is 16.1 Å². The van der Waals surface area contributed by atoms with E-state index >= 15 is 0 Å². The van der Waals surface area contributed by atoms with Crippen LogP contribution in [0.15, 0.2) is 219 Å². The third-order valence-corrected chi connectivity index (χ3v) is 22.2. The summed E-state index contributed by atoms with van der Waals surface area (Å²) >= 11 is 0. The largest absolute Gasteiger partial charge is 0.311 e. The SMILES string of the molecule is C[Si]1(C)c2ccccc2N(c2cc(-c3nc(-c4ccccn4)nc(-c4ccccn4)n3)c3cc(N4c5ccccc5[Si](C)(C)c5ccccc54)cc(-c4nc(-c5ccccn5)nc(-c5ccccn5)n4)c3c2)c2ccccc21.